The Balaban J connectivity index is 2.19. The van der Waals surface area contributed by atoms with Crippen molar-refractivity contribution in [1.29, 1.82) is 5.26 Å². The van der Waals surface area contributed by atoms with Gasteiger partial charge in [-0.05, 0) is 42.9 Å². The van der Waals surface area contributed by atoms with Crippen molar-refractivity contribution in [3.05, 3.63) is 41.8 Å². The monoisotopic (exact) mass is 156 g/mol. The lowest BCUT2D eigenvalue weighted by Gasteiger charge is -2.25. The van der Waals surface area contributed by atoms with E-state index < -0.39 is 0 Å². The molecule has 1 radical (unpaired) electrons. The van der Waals surface area contributed by atoms with Crippen molar-refractivity contribution in [1.82, 2.24) is 0 Å². The second-order valence-corrected chi connectivity index (χ2v) is 3.15. The van der Waals surface area contributed by atoms with E-state index in [9.17, 15) is 0 Å². The van der Waals surface area contributed by atoms with Crippen LogP contribution in [0, 0.1) is 17.8 Å². The number of hydrogen-bond donors (Lipinski definition) is 0. The van der Waals surface area contributed by atoms with Gasteiger partial charge in [0.1, 0.15) is 0 Å². The lowest BCUT2D eigenvalue weighted by Crippen LogP contribution is -2.09. The highest BCUT2D eigenvalue weighted by atomic mass is 14.3. The number of nitriles is 1. The molecular formula is C11H10N. The summed E-state index contributed by atoms with van der Waals surface area (Å²) in [5.41, 5.74) is 2.10. The van der Waals surface area contributed by atoms with E-state index in [4.69, 9.17) is 5.26 Å². The fraction of sp³-hybridized carbons (Fsp3) is 0.273. The van der Waals surface area contributed by atoms with Crippen LogP contribution < -0.4 is 0 Å². The molecule has 1 heteroatoms. The van der Waals surface area contributed by atoms with Crippen LogP contribution in [0.25, 0.3) is 0 Å². The molecule has 1 aromatic carbocycles. The molecule has 2 rings (SSSR count). The van der Waals surface area contributed by atoms with E-state index in [0.717, 1.165) is 5.56 Å². The number of benzene rings is 1. The first-order valence-electron chi connectivity index (χ1n) is 4.23. The topological polar surface area (TPSA) is 23.8 Å². The fourth-order valence-electron chi connectivity index (χ4n) is 1.44. The Hall–Kier alpha value is -1.29. The zero-order valence-electron chi connectivity index (χ0n) is 6.83. The van der Waals surface area contributed by atoms with Crippen LogP contribution in [0.2, 0.25) is 0 Å². The van der Waals surface area contributed by atoms with Gasteiger partial charge in [-0.25, -0.2) is 0 Å². The predicted octanol–water partition coefficient (Wildman–Crippen LogP) is 2.64. The standard InChI is InChI=1S/C11H10N/c12-8-9-4-6-11(7-5-9)10-2-1-3-10/h2,4-7,10H,1,3H2. The Morgan fingerprint density at radius 3 is 2.33 bits per heavy atom. The molecule has 1 fully saturated rings. The second kappa shape index (κ2) is 2.98. The van der Waals surface area contributed by atoms with Gasteiger partial charge in [0.25, 0.3) is 0 Å². The molecule has 1 nitrogen and oxygen atoms in total. The van der Waals surface area contributed by atoms with Gasteiger partial charge in [0.2, 0.25) is 0 Å². The van der Waals surface area contributed by atoms with Crippen molar-refractivity contribution >= 4 is 0 Å². The van der Waals surface area contributed by atoms with Crippen LogP contribution in [0.4, 0.5) is 0 Å². The third-order valence-electron chi connectivity index (χ3n) is 2.40. The van der Waals surface area contributed by atoms with Gasteiger partial charge < -0.3 is 0 Å². The first-order valence-corrected chi connectivity index (χ1v) is 4.23. The highest BCUT2D eigenvalue weighted by Crippen LogP contribution is 2.34. The van der Waals surface area contributed by atoms with E-state index in [1.54, 1.807) is 0 Å². The summed E-state index contributed by atoms with van der Waals surface area (Å²) < 4.78 is 0. The Kier molecular flexibility index (Phi) is 1.83. The van der Waals surface area contributed by atoms with Crippen LogP contribution in [0.5, 0.6) is 0 Å². The molecule has 1 aliphatic rings. The fourth-order valence-corrected chi connectivity index (χ4v) is 1.44. The number of nitrogens with zero attached hydrogens (tertiary/aromatic N) is 1. The van der Waals surface area contributed by atoms with Crippen LogP contribution in [0.3, 0.4) is 0 Å². The Labute approximate surface area is 72.6 Å². The summed E-state index contributed by atoms with van der Waals surface area (Å²) in [6, 6.07) is 10.0. The van der Waals surface area contributed by atoms with Gasteiger partial charge in [-0.15, -0.1) is 0 Å². The third-order valence-corrected chi connectivity index (χ3v) is 2.40. The lowest BCUT2D eigenvalue weighted by molar-refractivity contribution is 0.553. The number of rotatable bonds is 1. The molecule has 0 aliphatic heterocycles. The second-order valence-electron chi connectivity index (χ2n) is 3.15. The van der Waals surface area contributed by atoms with E-state index >= 15 is 0 Å². The zero-order chi connectivity index (χ0) is 8.39. The van der Waals surface area contributed by atoms with E-state index in [0.29, 0.717) is 5.92 Å². The van der Waals surface area contributed by atoms with E-state index in [-0.39, 0.29) is 0 Å². The summed E-state index contributed by atoms with van der Waals surface area (Å²) >= 11 is 0. The summed E-state index contributed by atoms with van der Waals surface area (Å²) in [6.07, 6.45) is 4.83. The third kappa shape index (κ3) is 1.21. The van der Waals surface area contributed by atoms with Gasteiger partial charge in [-0.1, -0.05) is 12.1 Å². The molecule has 1 saturated carbocycles. The van der Waals surface area contributed by atoms with Crippen molar-refractivity contribution < 1.29 is 0 Å². The van der Waals surface area contributed by atoms with Gasteiger partial charge in [0.15, 0.2) is 0 Å². The van der Waals surface area contributed by atoms with Gasteiger partial charge >= 0.3 is 0 Å². The van der Waals surface area contributed by atoms with Crippen LogP contribution in [0.15, 0.2) is 24.3 Å². The predicted molar refractivity (Wildman–Crippen MR) is 47.4 cm³/mol. The normalized spacial score (nSPS) is 16.6. The van der Waals surface area contributed by atoms with Crippen molar-refractivity contribution in [3.63, 3.8) is 0 Å². The molecule has 1 aromatic rings. The molecule has 1 unspecified atom stereocenters. The van der Waals surface area contributed by atoms with Crippen molar-refractivity contribution in [3.8, 4) is 6.07 Å². The molecule has 0 heterocycles. The smallest absolute Gasteiger partial charge is 0.0991 e. The Morgan fingerprint density at radius 2 is 1.92 bits per heavy atom. The first kappa shape index (κ1) is 7.36. The minimum Gasteiger partial charge on any atom is -0.192 e. The molecule has 0 aromatic heterocycles. The van der Waals surface area contributed by atoms with Crippen molar-refractivity contribution in [2.45, 2.75) is 18.8 Å². The summed E-state index contributed by atoms with van der Waals surface area (Å²) in [5.74, 6) is 0.651. The van der Waals surface area contributed by atoms with Crippen LogP contribution in [-0.4, -0.2) is 0 Å². The summed E-state index contributed by atoms with van der Waals surface area (Å²) in [5, 5.41) is 8.58. The maximum absolute atomic E-state index is 8.58. The van der Waals surface area contributed by atoms with Crippen LogP contribution in [-0.2, 0) is 0 Å². The Bertz CT molecular complexity index is 301. The summed E-state index contributed by atoms with van der Waals surface area (Å²) in [4.78, 5) is 0. The highest BCUT2D eigenvalue weighted by molar-refractivity contribution is 5.34. The van der Waals surface area contributed by atoms with Gasteiger partial charge in [-0.3, -0.25) is 0 Å². The summed E-state index contributed by atoms with van der Waals surface area (Å²) in [6.45, 7) is 0. The zero-order valence-corrected chi connectivity index (χ0v) is 6.83. The molecule has 0 amide bonds. The molecule has 1 aliphatic carbocycles. The molecule has 0 spiro atoms. The average molecular weight is 156 g/mol. The van der Waals surface area contributed by atoms with E-state index in [1.807, 2.05) is 12.1 Å². The quantitative estimate of drug-likeness (QED) is 0.613. The van der Waals surface area contributed by atoms with Gasteiger partial charge in [0.05, 0.1) is 11.6 Å². The number of hydrogen-bond acceptors (Lipinski definition) is 1. The van der Waals surface area contributed by atoms with Crippen LogP contribution >= 0.6 is 0 Å². The maximum atomic E-state index is 8.58. The minimum absolute atomic E-state index is 0.651. The molecule has 0 saturated heterocycles. The summed E-state index contributed by atoms with van der Waals surface area (Å²) in [7, 11) is 0. The van der Waals surface area contributed by atoms with Gasteiger partial charge in [0, 0.05) is 0 Å². The maximum Gasteiger partial charge on any atom is 0.0991 e. The molecule has 0 bridgehead atoms. The highest BCUT2D eigenvalue weighted by Gasteiger charge is 2.19. The molecular weight excluding hydrogens is 146 g/mol. The molecule has 1 atom stereocenters. The van der Waals surface area contributed by atoms with E-state index in [2.05, 4.69) is 24.6 Å². The van der Waals surface area contributed by atoms with Crippen molar-refractivity contribution in [2.24, 2.45) is 0 Å². The lowest BCUT2D eigenvalue weighted by atomic mass is 9.80. The SMILES string of the molecule is N#Cc1ccc(C2[CH]CC2)cc1. The van der Waals surface area contributed by atoms with Crippen molar-refractivity contribution in [2.75, 3.05) is 0 Å². The molecule has 0 N–H and O–H groups in total. The van der Waals surface area contributed by atoms with E-state index in [1.165, 1.54) is 18.4 Å². The largest absolute Gasteiger partial charge is 0.192 e. The Morgan fingerprint density at radius 1 is 1.25 bits per heavy atom. The first-order chi connectivity index (χ1) is 5.90. The minimum atomic E-state index is 0.651. The van der Waals surface area contributed by atoms with Gasteiger partial charge in [-0.2, -0.15) is 5.26 Å². The average Bonchev–Trinajstić information content (AvgIpc) is 2.03. The molecule has 59 valence electrons. The van der Waals surface area contributed by atoms with Crippen LogP contribution in [0.1, 0.15) is 29.9 Å². The molecule has 12 heavy (non-hydrogen) atoms.